The molecular weight excluding hydrogens is 902 g/mol. The van der Waals surface area contributed by atoms with Crippen LogP contribution in [0.5, 0.6) is 11.8 Å². The smallest absolute Gasteiger partial charge is 0.235 e. The minimum Gasteiger partial charge on any atom is -0.481 e. The highest BCUT2D eigenvalue weighted by atomic mass is 32.2. The lowest BCUT2D eigenvalue weighted by atomic mass is 10.0. The van der Waals surface area contributed by atoms with E-state index in [0.29, 0.717) is 58.3 Å². The summed E-state index contributed by atoms with van der Waals surface area (Å²) >= 11 is 3.08. The van der Waals surface area contributed by atoms with Crippen molar-refractivity contribution in [3.05, 3.63) is 95.3 Å². The first-order valence-corrected chi connectivity index (χ1v) is 25.4. The second-order valence-electron chi connectivity index (χ2n) is 18.4. The van der Waals surface area contributed by atoms with Crippen molar-refractivity contribution in [2.45, 2.75) is 67.3 Å². The molecule has 68 heavy (non-hydrogen) atoms. The van der Waals surface area contributed by atoms with E-state index in [1.807, 2.05) is 43.5 Å². The van der Waals surface area contributed by atoms with Gasteiger partial charge in [-0.1, -0.05) is 0 Å². The molecular formula is C50H56FN11O4S2. The normalized spacial score (nSPS) is 22.4. The van der Waals surface area contributed by atoms with Gasteiger partial charge in [-0.25, -0.2) is 24.3 Å². The molecule has 4 aliphatic heterocycles. The highest BCUT2D eigenvalue weighted by Crippen LogP contribution is 2.50. The monoisotopic (exact) mass is 957 g/mol. The average Bonchev–Trinajstić information content (AvgIpc) is 4.29. The number of aromatic nitrogens is 6. The fourth-order valence-corrected chi connectivity index (χ4v) is 11.4. The number of aryl methyl sites for hydroxylation is 1. The van der Waals surface area contributed by atoms with Crippen molar-refractivity contribution in [3.63, 3.8) is 0 Å². The SMILES string of the molecule is COc1ccc2ncc(F)c(CCN3CCC4CC4C3)c2n1.COc1ccc2nccc(CCN3CC[C@]4(NCc5ccc6c(n5)NC(=O)CS6)C[C@@H]4C3)c2n1.Cc1ccc2c(n1)NC(=O)CS2. The van der Waals surface area contributed by atoms with E-state index in [4.69, 9.17) is 9.47 Å². The van der Waals surface area contributed by atoms with E-state index in [2.05, 4.69) is 73.9 Å². The Labute approximate surface area is 403 Å². The third kappa shape index (κ3) is 10.7. The summed E-state index contributed by atoms with van der Waals surface area (Å²) in [7, 11) is 3.22. The number of nitrogens with zero attached hydrogens (tertiary/aromatic N) is 8. The Kier molecular flexibility index (Phi) is 13.7. The molecule has 0 aromatic carbocycles. The number of piperidine rings is 2. The van der Waals surface area contributed by atoms with E-state index < -0.39 is 0 Å². The van der Waals surface area contributed by atoms with Crippen molar-refractivity contribution in [2.24, 2.45) is 17.8 Å². The number of methoxy groups -OCH3 is 2. The molecule has 0 radical (unpaired) electrons. The van der Waals surface area contributed by atoms with Gasteiger partial charge in [-0.15, -0.1) is 23.5 Å². The number of halogens is 1. The lowest BCUT2D eigenvalue weighted by Gasteiger charge is -2.32. The topological polar surface area (TPSA) is 173 Å². The molecule has 10 heterocycles. The van der Waals surface area contributed by atoms with Crippen LogP contribution in [0.25, 0.3) is 22.1 Å². The van der Waals surface area contributed by atoms with Crippen LogP contribution in [-0.4, -0.2) is 122 Å². The van der Waals surface area contributed by atoms with Crippen LogP contribution in [0.15, 0.2) is 76.8 Å². The van der Waals surface area contributed by atoms with Crippen molar-refractivity contribution >= 4 is 69.0 Å². The molecule has 4 atom stereocenters. The van der Waals surface area contributed by atoms with Crippen LogP contribution in [0.2, 0.25) is 0 Å². The molecule has 0 spiro atoms. The van der Waals surface area contributed by atoms with Gasteiger partial charge in [0.1, 0.15) is 17.5 Å². The molecule has 12 rings (SSSR count). The van der Waals surface area contributed by atoms with Gasteiger partial charge in [0.2, 0.25) is 23.6 Å². The maximum atomic E-state index is 14.2. The summed E-state index contributed by atoms with van der Waals surface area (Å²) in [5.74, 6) is 5.84. The number of ether oxygens (including phenoxy) is 2. The summed E-state index contributed by atoms with van der Waals surface area (Å²) in [6, 6.07) is 17.6. The zero-order chi connectivity index (χ0) is 46.8. The fraction of sp³-hybridized carbons (Fsp3) is 0.440. The average molecular weight is 958 g/mol. The molecule has 15 nitrogen and oxygen atoms in total. The summed E-state index contributed by atoms with van der Waals surface area (Å²) in [4.78, 5) is 56.2. The molecule has 354 valence electrons. The van der Waals surface area contributed by atoms with Crippen LogP contribution in [0.4, 0.5) is 16.0 Å². The molecule has 0 bridgehead atoms. The summed E-state index contributed by atoms with van der Waals surface area (Å²) in [6.07, 6.45) is 9.86. The molecule has 18 heteroatoms. The van der Waals surface area contributed by atoms with Crippen LogP contribution in [0.3, 0.4) is 0 Å². The largest absolute Gasteiger partial charge is 0.481 e. The molecule has 2 saturated carbocycles. The second-order valence-corrected chi connectivity index (χ2v) is 20.5. The fourth-order valence-electron chi connectivity index (χ4n) is 9.84. The Morgan fingerprint density at radius 3 is 2.21 bits per heavy atom. The summed E-state index contributed by atoms with van der Waals surface area (Å²) in [5, 5.41) is 9.41. The number of carbonyl (C=O) groups is 2. The van der Waals surface area contributed by atoms with Crippen molar-refractivity contribution in [3.8, 4) is 11.8 Å². The van der Waals surface area contributed by atoms with Gasteiger partial charge in [-0.05, 0) is 124 Å². The van der Waals surface area contributed by atoms with E-state index >= 15 is 0 Å². The molecule has 3 N–H and O–H groups in total. The quantitative estimate of drug-likeness (QED) is 0.122. The highest BCUT2D eigenvalue weighted by Gasteiger charge is 2.56. The molecule has 4 fully saturated rings. The first kappa shape index (κ1) is 46.2. The minimum absolute atomic E-state index is 0.0259. The van der Waals surface area contributed by atoms with Gasteiger partial charge in [0.05, 0.1) is 69.5 Å². The van der Waals surface area contributed by atoms with E-state index in [0.717, 1.165) is 102 Å². The van der Waals surface area contributed by atoms with Crippen LogP contribution in [0, 0.1) is 30.5 Å². The van der Waals surface area contributed by atoms with E-state index in [1.54, 1.807) is 32.0 Å². The lowest BCUT2D eigenvalue weighted by Crippen LogP contribution is -2.45. The van der Waals surface area contributed by atoms with Crippen LogP contribution in [0.1, 0.15) is 48.2 Å². The van der Waals surface area contributed by atoms with Crippen molar-refractivity contribution < 1.29 is 23.5 Å². The van der Waals surface area contributed by atoms with E-state index in [9.17, 15) is 14.0 Å². The Balaban J connectivity index is 0.000000135. The number of thioether (sulfide) groups is 2. The zero-order valence-corrected chi connectivity index (χ0v) is 40.2. The molecule has 2 unspecified atom stereocenters. The number of rotatable bonds is 11. The lowest BCUT2D eigenvalue weighted by molar-refractivity contribution is -0.114. The number of anilines is 2. The number of nitrogens with one attached hydrogen (secondary N) is 3. The zero-order valence-electron chi connectivity index (χ0n) is 38.6. The summed E-state index contributed by atoms with van der Waals surface area (Å²) < 4.78 is 24.7. The Bertz CT molecular complexity index is 2860. The third-order valence-corrected chi connectivity index (χ3v) is 16.0. The molecule has 6 aromatic heterocycles. The number of fused-ring (bicyclic) bond motifs is 6. The van der Waals surface area contributed by atoms with E-state index in [1.165, 1.54) is 49.3 Å². The number of pyridine rings is 6. The molecule has 2 saturated heterocycles. The maximum Gasteiger partial charge on any atom is 0.235 e. The maximum absolute atomic E-state index is 14.2. The first-order chi connectivity index (χ1) is 33.1. The van der Waals surface area contributed by atoms with Crippen molar-refractivity contribution in [2.75, 3.05) is 75.6 Å². The summed E-state index contributed by atoms with van der Waals surface area (Å²) in [6.45, 7) is 9.08. The molecule has 2 amide bonds. The summed E-state index contributed by atoms with van der Waals surface area (Å²) in [5.41, 5.74) is 7.22. The van der Waals surface area contributed by atoms with Gasteiger partial charge in [-0.3, -0.25) is 19.6 Å². The van der Waals surface area contributed by atoms with Crippen LogP contribution < -0.4 is 25.4 Å². The predicted octanol–water partition coefficient (Wildman–Crippen LogP) is 6.97. The highest BCUT2D eigenvalue weighted by molar-refractivity contribution is 8.00. The Hall–Kier alpha value is -5.53. The number of hydrogen-bond donors (Lipinski definition) is 3. The third-order valence-electron chi connectivity index (χ3n) is 13.9. The predicted molar refractivity (Wildman–Crippen MR) is 263 cm³/mol. The van der Waals surface area contributed by atoms with Gasteiger partial charge in [-0.2, -0.15) is 0 Å². The second kappa shape index (κ2) is 20.2. The standard InChI is InChI=1S/C25H28N6O2S.C17H20FN3O.C8H8N2OS/c1-33-22-5-3-19-23(30-22)16(6-9-26-19)7-10-31-11-8-25(12-17(25)14-31)27-13-18-2-4-20-24(28-18)29-21(32)15-34-20;1-22-16-3-2-15-17(20-16)13(14(18)9-19-15)5-7-21-6-4-11-8-12(11)10-21;1-5-2-3-6-8(9-5)10-7(11)4-12-6/h2-6,9,17,27H,7-8,10-15H2,1H3,(H,28,29,32);2-3,9,11-12H,4-8,10H2,1H3;2-3H,4H2,1H3,(H,9,10,11)/t17-,25+;;/m1../s1. The molecule has 2 aliphatic carbocycles. The van der Waals surface area contributed by atoms with Crippen molar-refractivity contribution in [1.29, 1.82) is 0 Å². The van der Waals surface area contributed by atoms with Crippen molar-refractivity contribution in [1.82, 2.24) is 45.0 Å². The minimum atomic E-state index is -0.269. The van der Waals surface area contributed by atoms with Gasteiger partial charge >= 0.3 is 0 Å². The first-order valence-electron chi connectivity index (χ1n) is 23.4. The number of likely N-dealkylation sites (tertiary alicyclic amines) is 2. The van der Waals surface area contributed by atoms with Crippen LogP contribution in [-0.2, 0) is 29.0 Å². The van der Waals surface area contributed by atoms with E-state index in [-0.39, 0.29) is 23.2 Å². The van der Waals surface area contributed by atoms with Gasteiger partial charge in [0, 0.05) is 67.8 Å². The Morgan fingerprint density at radius 2 is 1.47 bits per heavy atom. The Morgan fingerprint density at radius 1 is 0.779 bits per heavy atom. The number of hydrogen-bond acceptors (Lipinski definition) is 15. The molecule has 6 aliphatic rings. The number of amides is 2. The van der Waals surface area contributed by atoms with Gasteiger partial charge in [0.25, 0.3) is 0 Å². The van der Waals surface area contributed by atoms with Gasteiger partial charge < -0.3 is 35.2 Å². The number of carbonyl (C=O) groups excluding carboxylic acids is 2. The van der Waals surface area contributed by atoms with Crippen LogP contribution >= 0.6 is 23.5 Å². The molecule has 6 aromatic rings. The van der Waals surface area contributed by atoms with Gasteiger partial charge in [0.15, 0.2) is 0 Å².